The average Bonchev–Trinajstić information content (AvgIpc) is 2.93. The molecule has 0 amide bonds. The smallest absolute Gasteiger partial charge is 0.180 e. The SMILES string of the molecule is Cc1cc(-c2onc(N)c2-c2ccccc2C)c(C)o1. The number of aryl methyl sites for hydroxylation is 3. The molecule has 3 aromatic rings. The number of furan rings is 1. The normalized spacial score (nSPS) is 10.9. The van der Waals surface area contributed by atoms with Crippen molar-refractivity contribution in [3.05, 3.63) is 47.4 Å². The summed E-state index contributed by atoms with van der Waals surface area (Å²) in [6.07, 6.45) is 0. The Morgan fingerprint density at radius 1 is 1.05 bits per heavy atom. The highest BCUT2D eigenvalue weighted by Crippen LogP contribution is 2.39. The van der Waals surface area contributed by atoms with Crippen LogP contribution in [0.15, 0.2) is 39.3 Å². The molecule has 4 heteroatoms. The molecular formula is C16H16N2O2. The monoisotopic (exact) mass is 268 g/mol. The standard InChI is InChI=1S/C16H16N2O2/c1-9-6-4-5-7-12(9)14-15(20-18-16(14)17)13-8-10(2)19-11(13)3/h4-8H,1-3H3,(H2,17,18). The van der Waals surface area contributed by atoms with Gasteiger partial charge in [0.1, 0.15) is 11.5 Å². The lowest BCUT2D eigenvalue weighted by Crippen LogP contribution is -1.91. The van der Waals surface area contributed by atoms with Crippen LogP contribution in [0.2, 0.25) is 0 Å². The molecule has 0 spiro atoms. The molecule has 0 fully saturated rings. The molecule has 3 rings (SSSR count). The van der Waals surface area contributed by atoms with Crippen LogP contribution in [0.25, 0.3) is 22.5 Å². The van der Waals surface area contributed by atoms with Crippen molar-refractivity contribution in [1.29, 1.82) is 0 Å². The van der Waals surface area contributed by atoms with Gasteiger partial charge in [0.05, 0.1) is 11.1 Å². The fourth-order valence-corrected chi connectivity index (χ4v) is 2.46. The molecule has 2 aromatic heterocycles. The largest absolute Gasteiger partial charge is 0.466 e. The summed E-state index contributed by atoms with van der Waals surface area (Å²) >= 11 is 0. The number of hydrogen-bond acceptors (Lipinski definition) is 4. The van der Waals surface area contributed by atoms with Crippen molar-refractivity contribution in [2.45, 2.75) is 20.8 Å². The van der Waals surface area contributed by atoms with Gasteiger partial charge in [-0.05, 0) is 38.0 Å². The number of nitrogens with two attached hydrogens (primary N) is 1. The van der Waals surface area contributed by atoms with Gasteiger partial charge in [-0.25, -0.2) is 0 Å². The summed E-state index contributed by atoms with van der Waals surface area (Å²) in [4.78, 5) is 0. The third-order valence-electron chi connectivity index (χ3n) is 3.42. The minimum absolute atomic E-state index is 0.396. The molecule has 4 nitrogen and oxygen atoms in total. The number of hydrogen-bond donors (Lipinski definition) is 1. The van der Waals surface area contributed by atoms with Gasteiger partial charge in [0.25, 0.3) is 0 Å². The van der Waals surface area contributed by atoms with Crippen molar-refractivity contribution < 1.29 is 8.94 Å². The molecule has 0 atom stereocenters. The van der Waals surface area contributed by atoms with E-state index in [1.807, 2.05) is 51.1 Å². The fourth-order valence-electron chi connectivity index (χ4n) is 2.46. The molecule has 0 unspecified atom stereocenters. The first kappa shape index (κ1) is 12.5. The number of nitrogen functional groups attached to an aromatic ring is 1. The summed E-state index contributed by atoms with van der Waals surface area (Å²) in [5.41, 5.74) is 9.87. The van der Waals surface area contributed by atoms with Crippen LogP contribution in [-0.4, -0.2) is 5.16 Å². The maximum absolute atomic E-state index is 6.00. The van der Waals surface area contributed by atoms with Gasteiger partial charge >= 0.3 is 0 Å². The van der Waals surface area contributed by atoms with Gasteiger partial charge in [-0.15, -0.1) is 0 Å². The Labute approximate surface area is 117 Å². The van der Waals surface area contributed by atoms with Gasteiger partial charge in [0, 0.05) is 0 Å². The molecule has 0 saturated heterocycles. The van der Waals surface area contributed by atoms with Crippen LogP contribution in [0.5, 0.6) is 0 Å². The summed E-state index contributed by atoms with van der Waals surface area (Å²) in [5, 5.41) is 3.92. The van der Waals surface area contributed by atoms with Crippen LogP contribution < -0.4 is 5.73 Å². The third-order valence-corrected chi connectivity index (χ3v) is 3.42. The van der Waals surface area contributed by atoms with Gasteiger partial charge in [-0.2, -0.15) is 0 Å². The Morgan fingerprint density at radius 3 is 2.45 bits per heavy atom. The highest BCUT2D eigenvalue weighted by atomic mass is 16.5. The van der Waals surface area contributed by atoms with Gasteiger partial charge in [0.2, 0.25) is 0 Å². The molecule has 2 N–H and O–H groups in total. The Morgan fingerprint density at radius 2 is 1.80 bits per heavy atom. The Balaban J connectivity index is 2.26. The minimum Gasteiger partial charge on any atom is -0.466 e. The molecule has 102 valence electrons. The zero-order valence-electron chi connectivity index (χ0n) is 11.7. The van der Waals surface area contributed by atoms with Crippen molar-refractivity contribution in [3.63, 3.8) is 0 Å². The average molecular weight is 268 g/mol. The first-order chi connectivity index (χ1) is 9.58. The summed E-state index contributed by atoms with van der Waals surface area (Å²) in [6.45, 7) is 5.85. The molecule has 0 aliphatic heterocycles. The lowest BCUT2D eigenvalue weighted by Gasteiger charge is -2.05. The number of benzene rings is 1. The summed E-state index contributed by atoms with van der Waals surface area (Å²) < 4.78 is 11.0. The fraction of sp³-hybridized carbons (Fsp3) is 0.188. The van der Waals surface area contributed by atoms with E-state index in [2.05, 4.69) is 5.16 Å². The van der Waals surface area contributed by atoms with E-state index in [0.717, 1.165) is 33.8 Å². The molecule has 0 radical (unpaired) electrons. The molecule has 0 bridgehead atoms. The van der Waals surface area contributed by atoms with Crippen molar-refractivity contribution >= 4 is 5.82 Å². The van der Waals surface area contributed by atoms with Crippen molar-refractivity contribution in [2.24, 2.45) is 0 Å². The van der Waals surface area contributed by atoms with Crippen LogP contribution in [0.3, 0.4) is 0 Å². The van der Waals surface area contributed by atoms with E-state index >= 15 is 0 Å². The Hall–Kier alpha value is -2.49. The second-order valence-electron chi connectivity index (χ2n) is 4.91. The van der Waals surface area contributed by atoms with Crippen molar-refractivity contribution in [3.8, 4) is 22.5 Å². The van der Waals surface area contributed by atoms with Crippen LogP contribution in [0.4, 0.5) is 5.82 Å². The van der Waals surface area contributed by atoms with E-state index in [0.29, 0.717) is 11.6 Å². The van der Waals surface area contributed by atoms with E-state index in [9.17, 15) is 0 Å². The molecule has 0 aliphatic rings. The third kappa shape index (κ3) is 1.90. The molecular weight excluding hydrogens is 252 g/mol. The predicted octanol–water partition coefficient (Wildman–Crippen LogP) is 4.11. The minimum atomic E-state index is 0.396. The summed E-state index contributed by atoms with van der Waals surface area (Å²) in [5.74, 6) is 2.69. The first-order valence-corrected chi connectivity index (χ1v) is 6.46. The van der Waals surface area contributed by atoms with E-state index in [-0.39, 0.29) is 0 Å². The summed E-state index contributed by atoms with van der Waals surface area (Å²) in [6, 6.07) is 9.97. The van der Waals surface area contributed by atoms with Crippen LogP contribution >= 0.6 is 0 Å². The van der Waals surface area contributed by atoms with Gasteiger partial charge in [-0.1, -0.05) is 29.4 Å². The van der Waals surface area contributed by atoms with Crippen LogP contribution in [-0.2, 0) is 0 Å². The maximum Gasteiger partial charge on any atom is 0.180 e. The molecule has 2 heterocycles. The first-order valence-electron chi connectivity index (χ1n) is 6.46. The van der Waals surface area contributed by atoms with Crippen molar-refractivity contribution in [2.75, 3.05) is 5.73 Å². The van der Waals surface area contributed by atoms with Gasteiger partial charge in [-0.3, -0.25) is 0 Å². The van der Waals surface area contributed by atoms with Gasteiger partial charge < -0.3 is 14.7 Å². The maximum atomic E-state index is 6.00. The van der Waals surface area contributed by atoms with E-state index in [1.165, 1.54) is 0 Å². The molecule has 20 heavy (non-hydrogen) atoms. The zero-order valence-corrected chi connectivity index (χ0v) is 11.7. The quantitative estimate of drug-likeness (QED) is 0.759. The van der Waals surface area contributed by atoms with Crippen molar-refractivity contribution in [1.82, 2.24) is 5.16 Å². The van der Waals surface area contributed by atoms with Crippen LogP contribution in [0.1, 0.15) is 17.1 Å². The predicted molar refractivity (Wildman–Crippen MR) is 78.3 cm³/mol. The molecule has 0 saturated carbocycles. The Bertz CT molecular complexity index is 769. The second kappa shape index (κ2) is 4.56. The lowest BCUT2D eigenvalue weighted by molar-refractivity contribution is 0.434. The highest BCUT2D eigenvalue weighted by Gasteiger charge is 2.22. The number of anilines is 1. The number of nitrogens with zero attached hydrogens (tertiary/aromatic N) is 1. The molecule has 0 aliphatic carbocycles. The molecule has 1 aromatic carbocycles. The number of aromatic nitrogens is 1. The number of rotatable bonds is 2. The Kier molecular flexibility index (Phi) is 2.86. The lowest BCUT2D eigenvalue weighted by atomic mass is 9.98. The van der Waals surface area contributed by atoms with Gasteiger partial charge in [0.15, 0.2) is 11.6 Å². The van der Waals surface area contributed by atoms with E-state index < -0.39 is 0 Å². The summed E-state index contributed by atoms with van der Waals surface area (Å²) in [7, 11) is 0. The highest BCUT2D eigenvalue weighted by molar-refractivity contribution is 5.88. The van der Waals surface area contributed by atoms with E-state index in [4.69, 9.17) is 14.7 Å². The second-order valence-corrected chi connectivity index (χ2v) is 4.91. The van der Waals surface area contributed by atoms with E-state index in [1.54, 1.807) is 0 Å². The zero-order chi connectivity index (χ0) is 14.3. The topological polar surface area (TPSA) is 65.2 Å². The van der Waals surface area contributed by atoms with Crippen LogP contribution in [0, 0.1) is 20.8 Å².